The van der Waals surface area contributed by atoms with Crippen molar-refractivity contribution in [2.24, 2.45) is 7.05 Å². The van der Waals surface area contributed by atoms with Crippen molar-refractivity contribution in [3.05, 3.63) is 45.4 Å². The highest BCUT2D eigenvalue weighted by Gasteiger charge is 2.32. The van der Waals surface area contributed by atoms with E-state index >= 15 is 0 Å². The molecule has 0 atom stereocenters. The third kappa shape index (κ3) is 2.58. The molecule has 20 heavy (non-hydrogen) atoms. The van der Waals surface area contributed by atoms with Crippen LogP contribution in [-0.2, 0) is 13.2 Å². The molecule has 9 heteroatoms. The van der Waals surface area contributed by atoms with E-state index in [2.05, 4.69) is 26.2 Å². The zero-order valence-electron chi connectivity index (χ0n) is 9.87. The van der Waals surface area contributed by atoms with Gasteiger partial charge in [-0.2, -0.15) is 13.2 Å². The summed E-state index contributed by atoms with van der Waals surface area (Å²) in [5, 5.41) is 7.05. The molecular weight excluding hydrogens is 346 g/mol. The van der Waals surface area contributed by atoms with E-state index in [1.54, 1.807) is 0 Å². The van der Waals surface area contributed by atoms with Crippen molar-refractivity contribution in [2.45, 2.75) is 6.18 Å². The number of aromatic nitrogens is 3. The van der Waals surface area contributed by atoms with Crippen LogP contribution in [-0.4, -0.2) is 20.8 Å². The lowest BCUT2D eigenvalue weighted by atomic mass is 10.0. The predicted octanol–water partition coefficient (Wildman–Crippen LogP) is 2.97. The molecule has 0 aliphatic rings. The van der Waals surface area contributed by atoms with Crippen LogP contribution in [0.15, 0.2) is 22.8 Å². The number of carbonyl (C=O) groups is 1. The summed E-state index contributed by atoms with van der Waals surface area (Å²) in [4.78, 5) is 12.1. The predicted molar refractivity (Wildman–Crippen MR) is 63.5 cm³/mol. The SMILES string of the molecule is Cn1nnc(Br)c1C(=O)c1cc(C(F)(F)F)ccc1F. The molecule has 0 saturated heterocycles. The summed E-state index contributed by atoms with van der Waals surface area (Å²) >= 11 is 2.94. The Labute approximate surface area is 118 Å². The fourth-order valence-electron chi connectivity index (χ4n) is 1.58. The van der Waals surface area contributed by atoms with Crippen molar-refractivity contribution in [3.63, 3.8) is 0 Å². The number of aryl methyl sites for hydroxylation is 1. The van der Waals surface area contributed by atoms with Gasteiger partial charge in [0.15, 0.2) is 4.60 Å². The Balaban J connectivity index is 2.55. The van der Waals surface area contributed by atoms with Crippen molar-refractivity contribution >= 4 is 21.7 Å². The maximum absolute atomic E-state index is 13.6. The number of hydrogen-bond donors (Lipinski definition) is 0. The van der Waals surface area contributed by atoms with E-state index in [4.69, 9.17) is 0 Å². The molecule has 1 heterocycles. The minimum absolute atomic E-state index is 0.0295. The Kier molecular flexibility index (Phi) is 3.63. The molecule has 2 aromatic rings. The number of benzene rings is 1. The number of hydrogen-bond acceptors (Lipinski definition) is 3. The van der Waals surface area contributed by atoms with Gasteiger partial charge >= 0.3 is 6.18 Å². The molecular formula is C11H6BrF4N3O. The Morgan fingerprint density at radius 1 is 1.35 bits per heavy atom. The lowest BCUT2D eigenvalue weighted by molar-refractivity contribution is -0.137. The van der Waals surface area contributed by atoms with Crippen LogP contribution >= 0.6 is 15.9 Å². The lowest BCUT2D eigenvalue weighted by Crippen LogP contribution is -2.13. The number of alkyl halides is 3. The van der Waals surface area contributed by atoms with Crippen molar-refractivity contribution in [1.82, 2.24) is 15.0 Å². The molecule has 1 aromatic carbocycles. The second-order valence-corrected chi connectivity index (χ2v) is 4.63. The molecule has 106 valence electrons. The van der Waals surface area contributed by atoms with Crippen molar-refractivity contribution in [2.75, 3.05) is 0 Å². The number of ketones is 1. The largest absolute Gasteiger partial charge is 0.416 e. The third-order valence-electron chi connectivity index (χ3n) is 2.54. The quantitative estimate of drug-likeness (QED) is 0.617. The highest BCUT2D eigenvalue weighted by Crippen LogP contribution is 2.31. The monoisotopic (exact) mass is 351 g/mol. The summed E-state index contributed by atoms with van der Waals surface area (Å²) in [6.07, 6.45) is -4.66. The van der Waals surface area contributed by atoms with Crippen LogP contribution in [0.25, 0.3) is 0 Å². The minimum atomic E-state index is -4.66. The Morgan fingerprint density at radius 3 is 2.50 bits per heavy atom. The Bertz CT molecular complexity index is 661. The first kappa shape index (κ1) is 14.6. The van der Waals surface area contributed by atoms with E-state index in [-0.39, 0.29) is 10.3 Å². The molecule has 0 spiro atoms. The maximum Gasteiger partial charge on any atom is 0.416 e. The molecule has 0 aliphatic heterocycles. The van der Waals surface area contributed by atoms with Crippen LogP contribution in [0.2, 0.25) is 0 Å². The molecule has 0 radical (unpaired) electrons. The van der Waals surface area contributed by atoms with E-state index in [1.807, 2.05) is 0 Å². The van der Waals surface area contributed by atoms with Gasteiger partial charge in [0.2, 0.25) is 5.78 Å². The van der Waals surface area contributed by atoms with Crippen molar-refractivity contribution in [3.8, 4) is 0 Å². The van der Waals surface area contributed by atoms with Gasteiger partial charge in [0, 0.05) is 7.05 Å². The molecule has 0 saturated carbocycles. The molecule has 4 nitrogen and oxygen atoms in total. The molecule has 2 rings (SSSR count). The first-order valence-corrected chi connectivity index (χ1v) is 5.97. The van der Waals surface area contributed by atoms with E-state index in [1.165, 1.54) is 7.05 Å². The van der Waals surface area contributed by atoms with Gasteiger partial charge in [-0.15, -0.1) is 5.10 Å². The summed E-state index contributed by atoms with van der Waals surface area (Å²) in [5.74, 6) is -1.98. The molecule has 0 N–H and O–H groups in total. The van der Waals surface area contributed by atoms with Gasteiger partial charge in [-0.25, -0.2) is 9.07 Å². The summed E-state index contributed by atoms with van der Waals surface area (Å²) < 4.78 is 52.5. The average Bonchev–Trinajstić information content (AvgIpc) is 2.67. The number of nitrogens with zero attached hydrogens (tertiary/aromatic N) is 3. The Morgan fingerprint density at radius 2 is 2.00 bits per heavy atom. The topological polar surface area (TPSA) is 47.8 Å². The number of carbonyl (C=O) groups excluding carboxylic acids is 1. The number of rotatable bonds is 2. The average molecular weight is 352 g/mol. The first-order chi connectivity index (χ1) is 9.21. The zero-order chi connectivity index (χ0) is 15.1. The van der Waals surface area contributed by atoms with Gasteiger partial charge in [-0.05, 0) is 34.1 Å². The zero-order valence-corrected chi connectivity index (χ0v) is 11.5. The third-order valence-corrected chi connectivity index (χ3v) is 3.07. The molecule has 0 aliphatic carbocycles. The molecule has 1 aromatic heterocycles. The summed E-state index contributed by atoms with van der Waals surface area (Å²) in [5.41, 5.74) is -1.93. The van der Waals surface area contributed by atoms with Gasteiger partial charge in [0.05, 0.1) is 11.1 Å². The summed E-state index contributed by atoms with van der Waals surface area (Å²) in [6.45, 7) is 0. The van der Waals surface area contributed by atoms with Crippen molar-refractivity contribution < 1.29 is 22.4 Å². The maximum atomic E-state index is 13.6. The normalized spacial score (nSPS) is 11.7. The van der Waals surface area contributed by atoms with Gasteiger partial charge in [0.25, 0.3) is 0 Å². The molecule has 0 fully saturated rings. The van der Waals surface area contributed by atoms with Crippen LogP contribution in [0.4, 0.5) is 17.6 Å². The van der Waals surface area contributed by atoms with E-state index in [0.717, 1.165) is 4.68 Å². The van der Waals surface area contributed by atoms with Crippen LogP contribution < -0.4 is 0 Å². The second-order valence-electron chi connectivity index (χ2n) is 3.87. The van der Waals surface area contributed by atoms with E-state index in [0.29, 0.717) is 18.2 Å². The highest BCUT2D eigenvalue weighted by molar-refractivity contribution is 9.10. The van der Waals surface area contributed by atoms with Gasteiger partial charge in [-0.3, -0.25) is 4.79 Å². The van der Waals surface area contributed by atoms with Gasteiger partial charge < -0.3 is 0 Å². The summed E-state index contributed by atoms with van der Waals surface area (Å²) in [7, 11) is 1.37. The van der Waals surface area contributed by atoms with Crippen LogP contribution in [0.3, 0.4) is 0 Å². The van der Waals surface area contributed by atoms with E-state index < -0.39 is 28.9 Å². The first-order valence-electron chi connectivity index (χ1n) is 5.18. The van der Waals surface area contributed by atoms with Crippen molar-refractivity contribution in [1.29, 1.82) is 0 Å². The molecule has 0 amide bonds. The van der Waals surface area contributed by atoms with Crippen LogP contribution in [0, 0.1) is 5.82 Å². The van der Waals surface area contributed by atoms with Gasteiger partial charge in [0.1, 0.15) is 11.5 Å². The van der Waals surface area contributed by atoms with Gasteiger partial charge in [-0.1, -0.05) is 5.21 Å². The standard InChI is InChI=1S/C11H6BrF4N3O/c1-19-8(10(12)17-18-19)9(20)6-4-5(11(14,15)16)2-3-7(6)13/h2-4H,1H3. The smallest absolute Gasteiger partial charge is 0.287 e. The summed E-state index contributed by atoms with van der Waals surface area (Å²) in [6, 6.07) is 1.65. The van der Waals surface area contributed by atoms with Crippen LogP contribution in [0.5, 0.6) is 0 Å². The number of halogens is 5. The van der Waals surface area contributed by atoms with Crippen LogP contribution in [0.1, 0.15) is 21.6 Å². The van der Waals surface area contributed by atoms with E-state index in [9.17, 15) is 22.4 Å². The lowest BCUT2D eigenvalue weighted by Gasteiger charge is -2.09. The fourth-order valence-corrected chi connectivity index (χ4v) is 2.08. The molecule has 0 bridgehead atoms. The fraction of sp³-hybridized carbons (Fsp3) is 0.182. The molecule has 0 unspecified atom stereocenters. The highest BCUT2D eigenvalue weighted by atomic mass is 79.9. The second kappa shape index (κ2) is 4.97. The minimum Gasteiger partial charge on any atom is -0.287 e. The Hall–Kier alpha value is -1.77.